The number of hydrazone groups is 1. The molecule has 0 aliphatic carbocycles. The first-order chi connectivity index (χ1) is 16.8. The molecule has 1 aliphatic heterocycles. The molecule has 1 atom stereocenters. The van der Waals surface area contributed by atoms with Crippen LogP contribution in [0, 0.1) is 0 Å². The van der Waals surface area contributed by atoms with Gasteiger partial charge in [-0.05, 0) is 43.7 Å². The minimum atomic E-state index is -0.477. The Bertz CT molecular complexity index is 1040. The Labute approximate surface area is 205 Å². The quantitative estimate of drug-likeness (QED) is 0.472. The largest absolute Gasteiger partial charge is 0.493 e. The van der Waals surface area contributed by atoms with Crippen LogP contribution in [-0.2, 0) is 4.79 Å². The van der Waals surface area contributed by atoms with Crippen LogP contribution in [-0.4, -0.2) is 77.3 Å². The molecule has 2 aromatic rings. The van der Waals surface area contributed by atoms with Gasteiger partial charge >= 0.3 is 0 Å². The van der Waals surface area contributed by atoms with Gasteiger partial charge in [0.15, 0.2) is 23.0 Å². The van der Waals surface area contributed by atoms with E-state index in [1.807, 2.05) is 26.0 Å². The fraction of sp³-hybridized carbons (Fsp3) is 0.440. The molecule has 10 heteroatoms. The number of hydrogen-bond donors (Lipinski definition) is 0. The normalized spacial score (nSPS) is 16.2. The minimum Gasteiger partial charge on any atom is -0.493 e. The molecule has 0 bridgehead atoms. The van der Waals surface area contributed by atoms with E-state index in [2.05, 4.69) is 10.0 Å². The van der Waals surface area contributed by atoms with Crippen LogP contribution in [0.3, 0.4) is 0 Å². The van der Waals surface area contributed by atoms with Gasteiger partial charge in [-0.25, -0.2) is 5.01 Å². The maximum Gasteiger partial charge on any atom is 0.258 e. The summed E-state index contributed by atoms with van der Waals surface area (Å²) in [6, 6.07) is 7.27. The zero-order chi connectivity index (χ0) is 25.7. The van der Waals surface area contributed by atoms with E-state index in [0.717, 1.165) is 5.56 Å². The van der Waals surface area contributed by atoms with Crippen molar-refractivity contribution in [3.63, 3.8) is 0 Å². The van der Waals surface area contributed by atoms with Crippen molar-refractivity contribution >= 4 is 12.1 Å². The first kappa shape index (κ1) is 26.0. The predicted octanol–water partition coefficient (Wildman–Crippen LogP) is 3.32. The highest BCUT2D eigenvalue weighted by Crippen LogP contribution is 2.43. The smallest absolute Gasteiger partial charge is 0.258 e. The number of ether oxygens (including phenoxy) is 6. The average molecular weight is 488 g/mol. The van der Waals surface area contributed by atoms with Crippen molar-refractivity contribution in [1.29, 1.82) is 0 Å². The molecule has 1 saturated heterocycles. The van der Waals surface area contributed by atoms with Gasteiger partial charge < -0.3 is 28.4 Å². The predicted molar refractivity (Wildman–Crippen MR) is 131 cm³/mol. The molecule has 190 valence electrons. The maximum atomic E-state index is 13.1. The van der Waals surface area contributed by atoms with Crippen molar-refractivity contribution in [3.05, 3.63) is 35.4 Å². The Hall–Kier alpha value is -3.66. The third-order valence-corrected chi connectivity index (χ3v) is 5.79. The Morgan fingerprint density at radius 2 is 1.26 bits per heavy atom. The molecule has 0 saturated carbocycles. The van der Waals surface area contributed by atoms with Gasteiger partial charge in [0, 0.05) is 11.6 Å². The third kappa shape index (κ3) is 5.07. The van der Waals surface area contributed by atoms with Gasteiger partial charge in [0.1, 0.15) is 6.17 Å². The summed E-state index contributed by atoms with van der Waals surface area (Å²) in [5.74, 6) is 2.80. The van der Waals surface area contributed by atoms with Gasteiger partial charge in [-0.2, -0.15) is 5.10 Å². The summed E-state index contributed by atoms with van der Waals surface area (Å²) in [5.41, 5.74) is 1.46. The van der Waals surface area contributed by atoms with Gasteiger partial charge in [0.05, 0.1) is 55.4 Å². The molecule has 35 heavy (non-hydrogen) atoms. The fourth-order valence-corrected chi connectivity index (χ4v) is 4.07. The Morgan fingerprint density at radius 1 is 0.800 bits per heavy atom. The van der Waals surface area contributed by atoms with Crippen molar-refractivity contribution < 1.29 is 33.2 Å². The standard InChI is InChI=1S/C25H33N3O7/c1-15(2)27-14-22(29)28(25(27)17-11-20(32-5)24(35-8)21(12-17)33-6)26-13-16-9-18(30-3)23(34-7)19(10-16)31-4/h9-13,15,25H,14H2,1-8H3/b26-13-/t25-/m1/s1. The lowest BCUT2D eigenvalue weighted by Crippen LogP contribution is -2.33. The molecule has 0 spiro atoms. The van der Waals surface area contributed by atoms with Crippen LogP contribution < -0.4 is 28.4 Å². The number of methoxy groups -OCH3 is 6. The van der Waals surface area contributed by atoms with Crippen molar-refractivity contribution in [2.24, 2.45) is 5.10 Å². The zero-order valence-electron chi connectivity index (χ0n) is 21.4. The van der Waals surface area contributed by atoms with Crippen LogP contribution in [0.5, 0.6) is 34.5 Å². The summed E-state index contributed by atoms with van der Waals surface area (Å²) >= 11 is 0. The first-order valence-electron chi connectivity index (χ1n) is 11.0. The molecule has 0 aromatic heterocycles. The van der Waals surface area contributed by atoms with E-state index >= 15 is 0 Å². The summed E-state index contributed by atoms with van der Waals surface area (Å²) in [6.45, 7) is 4.28. The topological polar surface area (TPSA) is 91.3 Å². The third-order valence-electron chi connectivity index (χ3n) is 5.79. The second-order valence-electron chi connectivity index (χ2n) is 8.04. The van der Waals surface area contributed by atoms with Crippen LogP contribution in [0.1, 0.15) is 31.1 Å². The van der Waals surface area contributed by atoms with Crippen LogP contribution >= 0.6 is 0 Å². The zero-order valence-corrected chi connectivity index (χ0v) is 21.4. The fourth-order valence-electron chi connectivity index (χ4n) is 4.07. The lowest BCUT2D eigenvalue weighted by atomic mass is 10.1. The molecule has 1 aliphatic rings. The van der Waals surface area contributed by atoms with Crippen LogP contribution in [0.25, 0.3) is 0 Å². The van der Waals surface area contributed by atoms with E-state index in [4.69, 9.17) is 28.4 Å². The van der Waals surface area contributed by atoms with Gasteiger partial charge in [-0.3, -0.25) is 9.69 Å². The number of amides is 1. The highest BCUT2D eigenvalue weighted by Gasteiger charge is 2.41. The van der Waals surface area contributed by atoms with Crippen molar-refractivity contribution in [2.75, 3.05) is 49.2 Å². The summed E-state index contributed by atoms with van der Waals surface area (Å²) in [5, 5.41) is 6.04. The highest BCUT2D eigenvalue weighted by atomic mass is 16.5. The molecule has 3 rings (SSSR count). The molecule has 1 fully saturated rings. The molecular weight excluding hydrogens is 454 g/mol. The van der Waals surface area contributed by atoms with Crippen molar-refractivity contribution in [1.82, 2.24) is 9.91 Å². The van der Waals surface area contributed by atoms with Gasteiger partial charge in [-0.15, -0.1) is 0 Å². The highest BCUT2D eigenvalue weighted by molar-refractivity contribution is 5.86. The maximum absolute atomic E-state index is 13.1. The SMILES string of the molecule is COc1cc(/C=N\N2C(=O)CN(C(C)C)[C@H]2c2cc(OC)c(OC)c(OC)c2)cc(OC)c1OC. The van der Waals surface area contributed by atoms with Crippen molar-refractivity contribution in [3.8, 4) is 34.5 Å². The summed E-state index contributed by atoms with van der Waals surface area (Å²) in [7, 11) is 9.29. The molecule has 10 nitrogen and oxygen atoms in total. The number of carbonyl (C=O) groups excluding carboxylic acids is 1. The van der Waals surface area contributed by atoms with Gasteiger partial charge in [0.2, 0.25) is 11.5 Å². The van der Waals surface area contributed by atoms with E-state index in [0.29, 0.717) is 40.1 Å². The van der Waals surface area contributed by atoms with E-state index in [1.54, 1.807) is 61.0 Å². The number of nitrogens with zero attached hydrogens (tertiary/aromatic N) is 3. The van der Waals surface area contributed by atoms with E-state index in [-0.39, 0.29) is 18.5 Å². The van der Waals surface area contributed by atoms with E-state index in [1.165, 1.54) is 5.01 Å². The molecule has 0 radical (unpaired) electrons. The number of carbonyl (C=O) groups is 1. The first-order valence-corrected chi connectivity index (χ1v) is 11.0. The van der Waals surface area contributed by atoms with Crippen LogP contribution in [0.15, 0.2) is 29.4 Å². The monoisotopic (exact) mass is 487 g/mol. The molecule has 0 unspecified atom stereocenters. The summed E-state index contributed by atoms with van der Waals surface area (Å²) < 4.78 is 32.8. The second-order valence-corrected chi connectivity index (χ2v) is 8.04. The Balaban J connectivity index is 2.08. The lowest BCUT2D eigenvalue weighted by Gasteiger charge is -2.30. The Morgan fingerprint density at radius 3 is 1.66 bits per heavy atom. The molecular formula is C25H33N3O7. The molecule has 0 N–H and O–H groups in total. The van der Waals surface area contributed by atoms with Crippen LogP contribution in [0.4, 0.5) is 0 Å². The average Bonchev–Trinajstić information content (AvgIpc) is 3.21. The molecule has 1 amide bonds. The van der Waals surface area contributed by atoms with E-state index < -0.39 is 6.17 Å². The van der Waals surface area contributed by atoms with E-state index in [9.17, 15) is 4.79 Å². The van der Waals surface area contributed by atoms with Crippen LogP contribution in [0.2, 0.25) is 0 Å². The van der Waals surface area contributed by atoms with Gasteiger partial charge in [0.25, 0.3) is 5.91 Å². The van der Waals surface area contributed by atoms with Crippen molar-refractivity contribution in [2.45, 2.75) is 26.1 Å². The summed E-state index contributed by atoms with van der Waals surface area (Å²) in [6.07, 6.45) is 1.12. The second kappa shape index (κ2) is 11.2. The number of rotatable bonds is 10. The minimum absolute atomic E-state index is 0.0735. The lowest BCUT2D eigenvalue weighted by molar-refractivity contribution is -0.128. The molecule has 1 heterocycles. The summed E-state index contributed by atoms with van der Waals surface area (Å²) in [4.78, 5) is 15.1. The number of benzene rings is 2. The van der Waals surface area contributed by atoms with Gasteiger partial charge in [-0.1, -0.05) is 0 Å². The number of hydrogen-bond acceptors (Lipinski definition) is 9. The Kier molecular flexibility index (Phi) is 8.29. The molecule has 2 aromatic carbocycles.